The number of hydrogen-bond donors (Lipinski definition) is 6. The molecule has 1 saturated heterocycles. The Labute approximate surface area is 531 Å². The molecule has 1 rings (SSSR count). The minimum atomic E-state index is -1.57. The highest BCUT2D eigenvalue weighted by Crippen LogP contribution is 2.24. The van der Waals surface area contributed by atoms with Gasteiger partial charge < -0.3 is 45.1 Å². The molecule has 0 saturated carbocycles. The second kappa shape index (κ2) is 64.9. The number of aliphatic hydroxyl groups is 5. The fourth-order valence-corrected chi connectivity index (χ4v) is 12.4. The maximum atomic E-state index is 13.1. The fourth-order valence-electron chi connectivity index (χ4n) is 12.4. The summed E-state index contributed by atoms with van der Waals surface area (Å²) >= 11 is 0. The van der Waals surface area contributed by atoms with Crippen LogP contribution in [0.5, 0.6) is 0 Å². The van der Waals surface area contributed by atoms with Crippen LogP contribution in [0.3, 0.4) is 0 Å². The molecular weight excluding hydrogens is 1070 g/mol. The van der Waals surface area contributed by atoms with Gasteiger partial charge in [-0.05, 0) is 32.1 Å². The number of nitrogens with one attached hydrogen (secondary N) is 1. The summed E-state index contributed by atoms with van der Waals surface area (Å²) in [6, 6.07) is -0.805. The molecule has 6 N–H and O–H groups in total. The normalized spacial score (nSPS) is 17.9. The van der Waals surface area contributed by atoms with Crippen LogP contribution in [0.2, 0.25) is 0 Å². The smallest absolute Gasteiger partial charge is 0.305 e. The minimum absolute atomic E-state index is 0.0161. The Bertz CT molecular complexity index is 1430. The first-order valence-corrected chi connectivity index (χ1v) is 38.0. The van der Waals surface area contributed by atoms with Gasteiger partial charge in [0.15, 0.2) is 6.29 Å². The fraction of sp³-hybridized carbons (Fsp3) is 0.947. The van der Waals surface area contributed by atoms with Gasteiger partial charge in [-0.15, -0.1) is 0 Å². The molecule has 0 bridgehead atoms. The molecule has 510 valence electrons. The van der Waals surface area contributed by atoms with Gasteiger partial charge in [0, 0.05) is 12.8 Å². The van der Waals surface area contributed by atoms with Crippen molar-refractivity contribution in [3.63, 3.8) is 0 Å². The highest BCUT2D eigenvalue weighted by molar-refractivity contribution is 5.76. The van der Waals surface area contributed by atoms with Crippen LogP contribution in [0.1, 0.15) is 393 Å². The van der Waals surface area contributed by atoms with Gasteiger partial charge in [0.2, 0.25) is 5.91 Å². The van der Waals surface area contributed by atoms with Gasteiger partial charge in [0.25, 0.3) is 0 Å². The van der Waals surface area contributed by atoms with Gasteiger partial charge in [-0.25, -0.2) is 0 Å². The number of unbranched alkanes of at least 4 members (excludes halogenated alkanes) is 54. The number of carbonyl (C=O) groups is 2. The van der Waals surface area contributed by atoms with Crippen LogP contribution in [0.15, 0.2) is 12.2 Å². The number of rotatable bonds is 68. The topological polar surface area (TPSA) is 175 Å². The van der Waals surface area contributed by atoms with Crippen LogP contribution in [-0.4, -0.2) is 100 Å². The van der Waals surface area contributed by atoms with Crippen LogP contribution >= 0.6 is 0 Å². The molecule has 11 nitrogen and oxygen atoms in total. The largest absolute Gasteiger partial charge is 0.466 e. The highest BCUT2D eigenvalue weighted by Gasteiger charge is 2.44. The van der Waals surface area contributed by atoms with Gasteiger partial charge >= 0.3 is 5.97 Å². The van der Waals surface area contributed by atoms with E-state index in [9.17, 15) is 35.1 Å². The number of hydrogen-bond acceptors (Lipinski definition) is 10. The molecule has 1 aliphatic rings. The lowest BCUT2D eigenvalue weighted by Crippen LogP contribution is -2.60. The third-order valence-electron chi connectivity index (χ3n) is 18.4. The molecule has 1 aliphatic heterocycles. The van der Waals surface area contributed by atoms with Crippen molar-refractivity contribution in [3.05, 3.63) is 12.2 Å². The predicted molar refractivity (Wildman–Crippen MR) is 362 cm³/mol. The van der Waals surface area contributed by atoms with Crippen LogP contribution in [0.25, 0.3) is 0 Å². The number of allylic oxidation sites excluding steroid dienone is 1. The molecule has 86 heavy (non-hydrogen) atoms. The Morgan fingerprint density at radius 2 is 0.733 bits per heavy atom. The molecule has 1 amide bonds. The summed E-state index contributed by atoms with van der Waals surface area (Å²) in [6.45, 7) is 4.40. The molecular formula is C75H145NO10. The molecule has 7 atom stereocenters. The maximum Gasteiger partial charge on any atom is 0.305 e. The molecule has 1 fully saturated rings. The van der Waals surface area contributed by atoms with Crippen molar-refractivity contribution in [3.8, 4) is 0 Å². The SMILES string of the molecule is CCCCCCCCCCCCC/C=C/C(O)C(COC1OC(CO)C(O)C(O)C1O)NC(=O)CCCCCCCCCCCCCCCCCCCCCCCCCCCCCCCCCCCOC(=O)CCCCCCCCCCCCCC. The second-order valence-electron chi connectivity index (χ2n) is 26.7. The predicted octanol–water partition coefficient (Wildman–Crippen LogP) is 19.8. The van der Waals surface area contributed by atoms with Crippen molar-refractivity contribution < 1.29 is 49.3 Å². The average molecular weight is 1220 g/mol. The molecule has 0 spiro atoms. The lowest BCUT2D eigenvalue weighted by molar-refractivity contribution is -0.302. The monoisotopic (exact) mass is 1220 g/mol. The van der Waals surface area contributed by atoms with Gasteiger partial charge in [0.1, 0.15) is 24.4 Å². The lowest BCUT2D eigenvalue weighted by Gasteiger charge is -2.40. The van der Waals surface area contributed by atoms with E-state index >= 15 is 0 Å². The Kier molecular flexibility index (Phi) is 62.2. The third kappa shape index (κ3) is 53.1. The number of aliphatic hydroxyl groups excluding tert-OH is 5. The van der Waals surface area contributed by atoms with Crippen molar-refractivity contribution in [1.82, 2.24) is 5.32 Å². The Balaban J connectivity index is 1.92. The number of esters is 1. The van der Waals surface area contributed by atoms with Gasteiger partial charge in [0.05, 0.1) is 32.0 Å². The molecule has 0 aliphatic carbocycles. The van der Waals surface area contributed by atoms with Gasteiger partial charge in [-0.1, -0.05) is 360 Å². The van der Waals surface area contributed by atoms with E-state index in [0.29, 0.717) is 19.4 Å². The zero-order chi connectivity index (χ0) is 62.3. The number of carbonyl (C=O) groups excluding carboxylic acids is 2. The number of ether oxygens (including phenoxy) is 3. The quantitative estimate of drug-likeness (QED) is 0.0195. The molecule has 11 heteroatoms. The standard InChI is InChI=1S/C75H145NO10/c1-3-5-7-9-11-13-15-38-41-45-49-53-57-61-68(78)67(66-85-75-74(83)73(82)72(81)69(65-77)86-75)76-70(79)62-58-54-50-46-42-39-36-34-32-30-28-26-24-22-20-18-17-19-21-23-25-27-29-31-33-35-37-40-44-48-52-56-60-64-84-71(80)63-59-55-51-47-43-16-14-12-10-8-6-4-2/h57,61,67-69,72-75,77-78,81-83H,3-56,58-60,62-66H2,1-2H3,(H,76,79)/b61-57+. The lowest BCUT2D eigenvalue weighted by atomic mass is 9.99. The summed E-state index contributed by atoms with van der Waals surface area (Å²) in [6.07, 6.45) is 70.8. The van der Waals surface area contributed by atoms with Crippen LogP contribution < -0.4 is 5.32 Å². The van der Waals surface area contributed by atoms with Crippen molar-refractivity contribution >= 4 is 11.9 Å². The van der Waals surface area contributed by atoms with Gasteiger partial charge in [-0.2, -0.15) is 0 Å². The number of amides is 1. The van der Waals surface area contributed by atoms with E-state index in [1.54, 1.807) is 6.08 Å². The van der Waals surface area contributed by atoms with Crippen molar-refractivity contribution in [2.75, 3.05) is 19.8 Å². The summed E-state index contributed by atoms with van der Waals surface area (Å²) in [5.41, 5.74) is 0. The average Bonchev–Trinajstić information content (AvgIpc) is 3.69. The zero-order valence-electron chi connectivity index (χ0n) is 56.8. The molecule has 0 aromatic carbocycles. The summed E-state index contributed by atoms with van der Waals surface area (Å²) in [7, 11) is 0. The van der Waals surface area contributed by atoms with E-state index < -0.39 is 49.5 Å². The molecule has 1 heterocycles. The molecule has 0 aromatic rings. The van der Waals surface area contributed by atoms with E-state index in [1.807, 2.05) is 6.08 Å². The second-order valence-corrected chi connectivity index (χ2v) is 26.7. The summed E-state index contributed by atoms with van der Waals surface area (Å²) in [5, 5.41) is 54.5. The van der Waals surface area contributed by atoms with Crippen LogP contribution in [-0.2, 0) is 23.8 Å². The summed E-state index contributed by atoms with van der Waals surface area (Å²) < 4.78 is 16.8. The first-order valence-electron chi connectivity index (χ1n) is 38.0. The summed E-state index contributed by atoms with van der Waals surface area (Å²) in [4.78, 5) is 25.1. The first-order chi connectivity index (χ1) is 42.2. The van der Waals surface area contributed by atoms with E-state index in [4.69, 9.17) is 14.2 Å². The maximum absolute atomic E-state index is 13.1. The van der Waals surface area contributed by atoms with Crippen molar-refractivity contribution in [2.45, 2.75) is 436 Å². The molecule has 0 aromatic heterocycles. The van der Waals surface area contributed by atoms with E-state index in [2.05, 4.69) is 19.2 Å². The molecule has 0 radical (unpaired) electrons. The third-order valence-corrected chi connectivity index (χ3v) is 18.4. The van der Waals surface area contributed by atoms with Crippen LogP contribution in [0.4, 0.5) is 0 Å². The highest BCUT2D eigenvalue weighted by atomic mass is 16.7. The van der Waals surface area contributed by atoms with Crippen molar-refractivity contribution in [2.24, 2.45) is 0 Å². The van der Waals surface area contributed by atoms with Crippen LogP contribution in [0, 0.1) is 0 Å². The first kappa shape index (κ1) is 82.4. The molecule has 7 unspecified atom stereocenters. The Morgan fingerprint density at radius 1 is 0.419 bits per heavy atom. The van der Waals surface area contributed by atoms with Crippen molar-refractivity contribution in [1.29, 1.82) is 0 Å². The van der Waals surface area contributed by atoms with Gasteiger partial charge in [-0.3, -0.25) is 9.59 Å². The Hall–Kier alpha value is -1.60. The minimum Gasteiger partial charge on any atom is -0.466 e. The van der Waals surface area contributed by atoms with E-state index in [0.717, 1.165) is 51.4 Å². The zero-order valence-corrected chi connectivity index (χ0v) is 56.8. The van der Waals surface area contributed by atoms with E-state index in [-0.39, 0.29) is 18.5 Å². The van der Waals surface area contributed by atoms with E-state index in [1.165, 1.54) is 315 Å². The Morgan fingerprint density at radius 3 is 1.08 bits per heavy atom. The summed E-state index contributed by atoms with van der Waals surface area (Å²) in [5.74, 6) is -0.158.